The maximum absolute atomic E-state index is 4.03. The molecule has 1 heteroatoms. The van der Waals surface area contributed by atoms with Crippen LogP contribution in [0.15, 0.2) is 49.0 Å². The molecule has 2 rings (SSSR count). The van der Waals surface area contributed by atoms with Crippen LogP contribution in [-0.2, 0) is 0 Å². The van der Waals surface area contributed by atoms with Gasteiger partial charge in [-0.3, -0.25) is 0 Å². The molecule has 0 heterocycles. The predicted octanol–water partition coefficient (Wildman–Crippen LogP) is 2.18. The van der Waals surface area contributed by atoms with Gasteiger partial charge >= 0.3 is 91.5 Å². The second-order valence-electron chi connectivity index (χ2n) is 3.34. The van der Waals surface area contributed by atoms with Crippen LogP contribution in [0.3, 0.4) is 0 Å². The Kier molecular flexibility index (Phi) is 2.40. The molecular weight excluding hydrogens is 263 g/mol. The van der Waals surface area contributed by atoms with Crippen molar-refractivity contribution in [2.75, 3.05) is 0 Å². The van der Waals surface area contributed by atoms with E-state index in [9.17, 15) is 0 Å². The Labute approximate surface area is 91.4 Å². The monoisotopic (exact) mass is 276 g/mol. The van der Waals surface area contributed by atoms with E-state index in [2.05, 4.69) is 49.0 Å². The fourth-order valence-corrected chi connectivity index (χ4v) is 2.34. The van der Waals surface area contributed by atoms with Crippen molar-refractivity contribution in [2.24, 2.45) is 0 Å². The van der Waals surface area contributed by atoms with Crippen LogP contribution in [0.25, 0.3) is 14.4 Å². The van der Waals surface area contributed by atoms with Crippen molar-refractivity contribution in [3.8, 4) is 0 Å². The Morgan fingerprint density at radius 1 is 1.00 bits per heavy atom. The van der Waals surface area contributed by atoms with Crippen LogP contribution in [0.5, 0.6) is 0 Å². The molecule has 0 spiro atoms. The van der Waals surface area contributed by atoms with Gasteiger partial charge < -0.3 is 0 Å². The van der Waals surface area contributed by atoms with E-state index >= 15 is 0 Å². The van der Waals surface area contributed by atoms with Crippen molar-refractivity contribution in [1.29, 1.82) is 0 Å². The zero-order valence-corrected chi connectivity index (χ0v) is 13.5. The fraction of sp³-hybridized carbons (Fsp3) is 0. The second-order valence-corrected chi connectivity index (χ2v) is 6.79. The molecule has 0 nitrogen and oxygen atoms in total. The molecule has 0 amide bonds. The first-order valence-electron chi connectivity index (χ1n) is 4.42. The van der Waals surface area contributed by atoms with Crippen LogP contribution in [0.2, 0.25) is 0 Å². The zero-order chi connectivity index (χ0) is 9.26. The molecule has 0 atom stereocenters. The molecule has 0 bridgehead atoms. The van der Waals surface area contributed by atoms with E-state index in [0.717, 1.165) is 0 Å². The quantitative estimate of drug-likeness (QED) is 0.700. The first kappa shape index (κ1) is 8.82. The van der Waals surface area contributed by atoms with Gasteiger partial charge in [0.1, 0.15) is 0 Å². The Bertz CT molecular complexity index is 457. The summed E-state index contributed by atoms with van der Waals surface area (Å²) in [4.78, 5) is 0. The summed E-state index contributed by atoms with van der Waals surface area (Å²) in [6, 6.07) is 15.0. The molecule has 0 fully saturated rings. The third-order valence-corrected chi connectivity index (χ3v) is 3.89. The van der Waals surface area contributed by atoms with Gasteiger partial charge in [-0.1, -0.05) is 0 Å². The second kappa shape index (κ2) is 3.54. The summed E-state index contributed by atoms with van der Waals surface area (Å²) in [5.41, 5.74) is 1.31. The van der Waals surface area contributed by atoms with Crippen LogP contribution in [0.1, 0.15) is 5.56 Å². The first-order chi connectivity index (χ1) is 6.27. The van der Waals surface area contributed by atoms with E-state index in [1.54, 1.807) is 0 Å². The summed E-state index contributed by atoms with van der Waals surface area (Å²) >= 11 is 0.529. The van der Waals surface area contributed by atoms with Gasteiger partial charge in [-0.05, 0) is 0 Å². The average molecular weight is 275 g/mol. The minimum absolute atomic E-state index is 0.529. The molecule has 2 aromatic rings. The molecular formula is C12H12Sn. The molecule has 64 valence electrons. The number of rotatable bonds is 1. The standard InChI is InChI=1S/C12H9.Sn.3H/c1-2-10-7-8-11-5-3-4-6-12(11)9-10;;;;/h3-9H,1H2;;;;. The summed E-state index contributed by atoms with van der Waals surface area (Å²) in [5, 5.41) is 2.62. The topological polar surface area (TPSA) is 0 Å². The van der Waals surface area contributed by atoms with E-state index in [1.165, 1.54) is 19.9 Å². The van der Waals surface area contributed by atoms with E-state index in [0.29, 0.717) is 22.5 Å². The van der Waals surface area contributed by atoms with Crippen LogP contribution in [0.4, 0.5) is 0 Å². The number of benzene rings is 2. The van der Waals surface area contributed by atoms with Crippen molar-refractivity contribution in [3.63, 3.8) is 0 Å². The normalized spacial score (nSPS) is 10.5. The minimum atomic E-state index is 0.529. The molecule has 13 heavy (non-hydrogen) atoms. The molecule has 0 aliphatic heterocycles. The van der Waals surface area contributed by atoms with E-state index in [4.69, 9.17) is 0 Å². The molecule has 0 aliphatic rings. The first-order valence-corrected chi connectivity index (χ1v) is 7.27. The number of hydrogen-bond acceptors (Lipinski definition) is 0. The SMILES string of the molecule is C=[C]([SnH3])c1ccc2ccccc2c1. The Balaban J connectivity index is 2.69. The van der Waals surface area contributed by atoms with Gasteiger partial charge in [0.05, 0.1) is 0 Å². The van der Waals surface area contributed by atoms with Crippen LogP contribution < -0.4 is 0 Å². The maximum atomic E-state index is 4.03. The summed E-state index contributed by atoms with van der Waals surface area (Å²) in [6.45, 7) is 4.03. The van der Waals surface area contributed by atoms with Crippen molar-refractivity contribution in [1.82, 2.24) is 0 Å². The van der Waals surface area contributed by atoms with E-state index in [1.807, 2.05) is 0 Å². The number of hydrogen-bond donors (Lipinski definition) is 0. The molecule has 0 unspecified atom stereocenters. The van der Waals surface area contributed by atoms with Crippen molar-refractivity contribution in [2.45, 2.75) is 0 Å². The van der Waals surface area contributed by atoms with Gasteiger partial charge in [0, 0.05) is 0 Å². The Morgan fingerprint density at radius 2 is 1.69 bits per heavy atom. The third-order valence-electron chi connectivity index (χ3n) is 2.24. The molecule has 0 aromatic heterocycles. The summed E-state index contributed by atoms with van der Waals surface area (Å²) in [5.74, 6) is 0. The molecule has 0 aliphatic carbocycles. The van der Waals surface area contributed by atoms with Gasteiger partial charge in [-0.2, -0.15) is 0 Å². The molecule has 0 N–H and O–H groups in total. The molecule has 0 radical (unpaired) electrons. The van der Waals surface area contributed by atoms with Gasteiger partial charge in [-0.25, -0.2) is 0 Å². The summed E-state index contributed by atoms with van der Waals surface area (Å²) in [7, 11) is 0. The van der Waals surface area contributed by atoms with Crippen molar-refractivity contribution >= 4 is 36.9 Å². The summed E-state index contributed by atoms with van der Waals surface area (Å²) < 4.78 is 1.33. The van der Waals surface area contributed by atoms with Gasteiger partial charge in [0.15, 0.2) is 0 Å². The van der Waals surface area contributed by atoms with Gasteiger partial charge in [0.25, 0.3) is 0 Å². The van der Waals surface area contributed by atoms with Gasteiger partial charge in [-0.15, -0.1) is 0 Å². The van der Waals surface area contributed by atoms with E-state index in [-0.39, 0.29) is 0 Å². The van der Waals surface area contributed by atoms with Crippen molar-refractivity contribution in [3.05, 3.63) is 54.6 Å². The van der Waals surface area contributed by atoms with Crippen LogP contribution in [-0.4, -0.2) is 22.5 Å². The fourth-order valence-electron chi connectivity index (χ4n) is 1.45. The molecule has 0 saturated heterocycles. The van der Waals surface area contributed by atoms with Crippen LogP contribution >= 0.6 is 0 Å². The van der Waals surface area contributed by atoms with Crippen LogP contribution in [0, 0.1) is 0 Å². The zero-order valence-electron chi connectivity index (χ0n) is 7.75. The third kappa shape index (κ3) is 1.78. The van der Waals surface area contributed by atoms with E-state index < -0.39 is 0 Å². The predicted molar refractivity (Wildman–Crippen MR) is 62.9 cm³/mol. The Morgan fingerprint density at radius 3 is 2.38 bits per heavy atom. The van der Waals surface area contributed by atoms with Crippen molar-refractivity contribution < 1.29 is 0 Å². The molecule has 2 aromatic carbocycles. The van der Waals surface area contributed by atoms with Gasteiger partial charge in [0.2, 0.25) is 0 Å². The summed E-state index contributed by atoms with van der Waals surface area (Å²) in [6.07, 6.45) is 0. The average Bonchev–Trinajstić information content (AvgIpc) is 2.17. The Hall–Kier alpha value is -0.761. The molecule has 0 saturated carbocycles. The number of fused-ring (bicyclic) bond motifs is 1.